The van der Waals surface area contributed by atoms with Crippen LogP contribution >= 0.6 is 0 Å². The number of nitrogens with one attached hydrogen (secondary N) is 1. The molecule has 0 atom stereocenters. The van der Waals surface area contributed by atoms with E-state index in [0.29, 0.717) is 31.9 Å². The quantitative estimate of drug-likeness (QED) is 0.853. The number of hydrogen-bond acceptors (Lipinski definition) is 4. The third kappa shape index (κ3) is 3.88. The summed E-state index contributed by atoms with van der Waals surface area (Å²) in [5.41, 5.74) is 1.94. The van der Waals surface area contributed by atoms with Crippen LogP contribution in [0.4, 0.5) is 29.5 Å². The Morgan fingerprint density at radius 1 is 1.00 bits per heavy atom. The molecule has 6 nitrogen and oxygen atoms in total. The maximum atomic E-state index is 12.6. The molecule has 0 radical (unpaired) electrons. The van der Waals surface area contributed by atoms with E-state index in [9.17, 15) is 18.0 Å². The van der Waals surface area contributed by atoms with Gasteiger partial charge >= 0.3 is 12.2 Å². The van der Waals surface area contributed by atoms with Crippen molar-refractivity contribution < 1.29 is 18.0 Å². The summed E-state index contributed by atoms with van der Waals surface area (Å²) in [5.74, 6) is 0.837. The molecule has 2 amide bonds. The number of carbonyl (C=O) groups excluding carboxylic acids is 1. The summed E-state index contributed by atoms with van der Waals surface area (Å²) in [6, 6.07) is 6.21. The van der Waals surface area contributed by atoms with E-state index in [4.69, 9.17) is 0 Å². The van der Waals surface area contributed by atoms with Crippen molar-refractivity contribution in [2.24, 2.45) is 0 Å². The number of alkyl halides is 3. The molecule has 0 saturated carbocycles. The fourth-order valence-corrected chi connectivity index (χ4v) is 3.56. The molecule has 1 fully saturated rings. The Morgan fingerprint density at radius 2 is 1.71 bits per heavy atom. The first-order chi connectivity index (χ1) is 13.4. The molecule has 2 aliphatic rings. The molecule has 28 heavy (non-hydrogen) atoms. The topological polar surface area (TPSA) is 61.4 Å². The second-order valence-corrected chi connectivity index (χ2v) is 7.01. The number of piperazine rings is 1. The van der Waals surface area contributed by atoms with Crippen molar-refractivity contribution in [3.63, 3.8) is 0 Å². The van der Waals surface area contributed by atoms with E-state index in [0.717, 1.165) is 42.9 Å². The highest BCUT2D eigenvalue weighted by Crippen LogP contribution is 2.30. The van der Waals surface area contributed by atoms with Gasteiger partial charge in [-0.25, -0.2) is 4.79 Å². The number of urea groups is 1. The Balaban J connectivity index is 1.33. The SMILES string of the molecule is O=C(Nc1ccc(C(F)(F)F)cc1)N1CCN(c2cc3c(nn2)CCC3)CC1. The van der Waals surface area contributed by atoms with E-state index >= 15 is 0 Å². The molecular weight excluding hydrogens is 371 g/mol. The highest BCUT2D eigenvalue weighted by molar-refractivity contribution is 5.89. The minimum absolute atomic E-state index is 0.320. The first kappa shape index (κ1) is 18.5. The Hall–Kier alpha value is -2.84. The smallest absolute Gasteiger partial charge is 0.352 e. The molecule has 1 N–H and O–H groups in total. The van der Waals surface area contributed by atoms with Crippen LogP contribution in [0, 0.1) is 0 Å². The zero-order chi connectivity index (χ0) is 19.7. The summed E-state index contributed by atoms with van der Waals surface area (Å²) in [5, 5.41) is 11.3. The number of aromatic nitrogens is 2. The number of aryl methyl sites for hydroxylation is 2. The molecule has 2 heterocycles. The number of anilines is 2. The zero-order valence-electron chi connectivity index (χ0n) is 15.2. The second kappa shape index (κ2) is 7.29. The molecule has 0 bridgehead atoms. The monoisotopic (exact) mass is 391 g/mol. The van der Waals surface area contributed by atoms with E-state index in [1.807, 2.05) is 0 Å². The molecule has 9 heteroatoms. The van der Waals surface area contributed by atoms with E-state index in [-0.39, 0.29) is 6.03 Å². The van der Waals surface area contributed by atoms with Crippen LogP contribution in [-0.2, 0) is 19.0 Å². The van der Waals surface area contributed by atoms with E-state index in [1.165, 1.54) is 17.7 Å². The number of hydrogen-bond donors (Lipinski definition) is 1. The summed E-state index contributed by atoms with van der Waals surface area (Å²) in [6.45, 7) is 2.28. The van der Waals surface area contributed by atoms with Crippen LogP contribution in [0.25, 0.3) is 0 Å². The van der Waals surface area contributed by atoms with Crippen LogP contribution in [0.1, 0.15) is 23.2 Å². The number of rotatable bonds is 2. The van der Waals surface area contributed by atoms with Gasteiger partial charge in [-0.2, -0.15) is 18.3 Å². The second-order valence-electron chi connectivity index (χ2n) is 7.01. The Morgan fingerprint density at radius 3 is 2.39 bits per heavy atom. The predicted molar refractivity (Wildman–Crippen MR) is 98.3 cm³/mol. The summed E-state index contributed by atoms with van der Waals surface area (Å²) in [6.07, 6.45) is -1.25. The van der Waals surface area contributed by atoms with Gasteiger partial charge in [0.1, 0.15) is 0 Å². The third-order valence-corrected chi connectivity index (χ3v) is 5.16. The number of fused-ring (bicyclic) bond motifs is 1. The molecular formula is C19H20F3N5O. The maximum absolute atomic E-state index is 12.6. The van der Waals surface area contributed by atoms with Crippen LogP contribution in [0.3, 0.4) is 0 Å². The number of nitrogens with zero attached hydrogens (tertiary/aromatic N) is 4. The number of carbonyl (C=O) groups is 1. The van der Waals surface area contributed by atoms with Gasteiger partial charge < -0.3 is 15.1 Å². The highest BCUT2D eigenvalue weighted by Gasteiger charge is 2.30. The predicted octanol–water partition coefficient (Wildman–Crippen LogP) is 3.34. The van der Waals surface area contributed by atoms with E-state index in [2.05, 4.69) is 26.5 Å². The summed E-state index contributed by atoms with van der Waals surface area (Å²) in [7, 11) is 0. The molecule has 0 unspecified atom stereocenters. The molecule has 1 aromatic carbocycles. The van der Waals surface area contributed by atoms with Crippen LogP contribution < -0.4 is 10.2 Å². The van der Waals surface area contributed by atoms with Crippen molar-refractivity contribution in [3.05, 3.63) is 47.2 Å². The van der Waals surface area contributed by atoms with Crippen LogP contribution in [0.2, 0.25) is 0 Å². The lowest BCUT2D eigenvalue weighted by molar-refractivity contribution is -0.137. The standard InChI is InChI=1S/C19H20F3N5O/c20-19(21,22)14-4-6-15(7-5-14)23-18(28)27-10-8-26(9-11-27)17-12-13-2-1-3-16(13)24-25-17/h4-7,12H,1-3,8-11H2,(H,23,28). The maximum Gasteiger partial charge on any atom is 0.416 e. The van der Waals surface area contributed by atoms with Gasteiger partial charge in [-0.1, -0.05) is 0 Å². The van der Waals surface area contributed by atoms with Crippen molar-refractivity contribution in [3.8, 4) is 0 Å². The fraction of sp³-hybridized carbons (Fsp3) is 0.421. The van der Waals surface area contributed by atoms with Crippen molar-refractivity contribution >= 4 is 17.5 Å². The molecule has 0 spiro atoms. The number of halogens is 3. The molecule has 1 aliphatic heterocycles. The molecule has 2 aromatic rings. The van der Waals surface area contributed by atoms with Gasteiger partial charge in [-0.3, -0.25) is 0 Å². The van der Waals surface area contributed by atoms with Crippen LogP contribution in [-0.4, -0.2) is 47.3 Å². The number of amides is 2. The first-order valence-corrected chi connectivity index (χ1v) is 9.24. The normalized spacial score (nSPS) is 16.8. The lowest BCUT2D eigenvalue weighted by Crippen LogP contribution is -2.50. The van der Waals surface area contributed by atoms with Gasteiger partial charge in [0.2, 0.25) is 0 Å². The number of benzene rings is 1. The molecule has 1 saturated heterocycles. The van der Waals surface area contributed by atoms with E-state index in [1.54, 1.807) is 4.90 Å². The Kier molecular flexibility index (Phi) is 4.82. The minimum atomic E-state index is -4.39. The zero-order valence-corrected chi connectivity index (χ0v) is 15.2. The highest BCUT2D eigenvalue weighted by atomic mass is 19.4. The van der Waals surface area contributed by atoms with Crippen molar-refractivity contribution in [1.29, 1.82) is 0 Å². The largest absolute Gasteiger partial charge is 0.416 e. The average molecular weight is 391 g/mol. The third-order valence-electron chi connectivity index (χ3n) is 5.16. The van der Waals surface area contributed by atoms with Crippen molar-refractivity contribution in [2.45, 2.75) is 25.4 Å². The molecule has 1 aliphatic carbocycles. The van der Waals surface area contributed by atoms with Crippen molar-refractivity contribution in [1.82, 2.24) is 15.1 Å². The van der Waals surface area contributed by atoms with Crippen molar-refractivity contribution in [2.75, 3.05) is 36.4 Å². The lowest BCUT2D eigenvalue weighted by atomic mass is 10.2. The summed E-state index contributed by atoms with van der Waals surface area (Å²) >= 11 is 0. The first-order valence-electron chi connectivity index (χ1n) is 9.24. The lowest BCUT2D eigenvalue weighted by Gasteiger charge is -2.35. The van der Waals surface area contributed by atoms with Crippen LogP contribution in [0.15, 0.2) is 30.3 Å². The average Bonchev–Trinajstić information content (AvgIpc) is 3.15. The van der Waals surface area contributed by atoms with Gasteiger partial charge in [0.15, 0.2) is 5.82 Å². The minimum Gasteiger partial charge on any atom is -0.352 e. The van der Waals surface area contributed by atoms with Gasteiger partial charge in [0.05, 0.1) is 11.3 Å². The Bertz CT molecular complexity index is 861. The summed E-state index contributed by atoms with van der Waals surface area (Å²) < 4.78 is 37.8. The van der Waals surface area contributed by atoms with Gasteiger partial charge in [0.25, 0.3) is 0 Å². The molecule has 148 valence electrons. The van der Waals surface area contributed by atoms with Gasteiger partial charge in [0, 0.05) is 31.9 Å². The van der Waals surface area contributed by atoms with Gasteiger partial charge in [-0.15, -0.1) is 5.10 Å². The molecule has 1 aromatic heterocycles. The fourth-order valence-electron chi connectivity index (χ4n) is 3.56. The van der Waals surface area contributed by atoms with E-state index < -0.39 is 11.7 Å². The van der Waals surface area contributed by atoms with Crippen LogP contribution in [0.5, 0.6) is 0 Å². The molecule has 4 rings (SSSR count). The summed E-state index contributed by atoms with van der Waals surface area (Å²) in [4.78, 5) is 16.1. The van der Waals surface area contributed by atoms with Gasteiger partial charge in [-0.05, 0) is 55.2 Å². The Labute approximate surface area is 160 Å².